The zero-order valence-corrected chi connectivity index (χ0v) is 15.0. The Morgan fingerprint density at radius 3 is 2.70 bits per heavy atom. The van der Waals surface area contributed by atoms with E-state index in [1.165, 1.54) is 6.26 Å². The van der Waals surface area contributed by atoms with Crippen molar-refractivity contribution in [3.63, 3.8) is 0 Å². The number of amides is 1. The van der Waals surface area contributed by atoms with Crippen LogP contribution in [0.1, 0.15) is 43.3 Å². The Morgan fingerprint density at radius 1 is 1.30 bits per heavy atom. The Balaban J connectivity index is 1.97. The monoisotopic (exact) mass is 374 g/mol. The van der Waals surface area contributed by atoms with E-state index in [-0.39, 0.29) is 17.4 Å². The Kier molecular flexibility index (Phi) is 4.15. The second kappa shape index (κ2) is 5.96. The van der Waals surface area contributed by atoms with Crippen LogP contribution in [-0.2, 0) is 0 Å². The van der Waals surface area contributed by atoms with E-state index in [4.69, 9.17) is 4.42 Å². The minimum atomic E-state index is -0.195. The van der Waals surface area contributed by atoms with Gasteiger partial charge in [0.05, 0.1) is 18.0 Å². The summed E-state index contributed by atoms with van der Waals surface area (Å²) in [7, 11) is 0. The maximum atomic E-state index is 12.7. The largest absolute Gasteiger partial charge is 0.459 e. The molecule has 1 atom stereocenters. The lowest BCUT2D eigenvalue weighted by atomic mass is 9.83. The summed E-state index contributed by atoms with van der Waals surface area (Å²) in [6.07, 6.45) is 2.24. The van der Waals surface area contributed by atoms with Gasteiger partial charge in [0.1, 0.15) is 0 Å². The molecule has 1 aromatic carbocycles. The molecule has 3 rings (SSSR count). The number of carbonyl (C=O) groups is 1. The second-order valence-electron chi connectivity index (χ2n) is 6.77. The Bertz CT molecular complexity index is 745. The second-order valence-corrected chi connectivity index (χ2v) is 7.69. The van der Waals surface area contributed by atoms with E-state index in [1.807, 2.05) is 24.3 Å². The first-order chi connectivity index (χ1) is 10.9. The molecule has 0 radical (unpaired) electrons. The minimum Gasteiger partial charge on any atom is -0.459 e. The average molecular weight is 375 g/mol. The summed E-state index contributed by atoms with van der Waals surface area (Å²) in [6, 6.07) is 11.4. The fraction of sp³-hybridized carbons (Fsp3) is 0.333. The lowest BCUT2D eigenvalue weighted by Crippen LogP contribution is -2.41. The number of hydrogen-bond acceptors (Lipinski definition) is 3. The molecule has 5 heteroatoms. The minimum absolute atomic E-state index is 0.00548. The van der Waals surface area contributed by atoms with Gasteiger partial charge >= 0.3 is 5.91 Å². The molecule has 23 heavy (non-hydrogen) atoms. The van der Waals surface area contributed by atoms with Gasteiger partial charge in [0, 0.05) is 10.9 Å². The van der Waals surface area contributed by atoms with E-state index >= 15 is 0 Å². The molecule has 0 spiro atoms. The predicted molar refractivity (Wildman–Crippen MR) is 93.4 cm³/mol. The number of hydrazone groups is 1. The molecule has 0 fully saturated rings. The lowest BCUT2D eigenvalue weighted by molar-refractivity contribution is 0.0552. The fourth-order valence-corrected chi connectivity index (χ4v) is 3.13. The topological polar surface area (TPSA) is 45.8 Å². The van der Waals surface area contributed by atoms with Crippen LogP contribution in [-0.4, -0.2) is 22.7 Å². The van der Waals surface area contributed by atoms with Crippen molar-refractivity contribution in [1.29, 1.82) is 0 Å². The number of hydrogen-bond donors (Lipinski definition) is 0. The molecule has 1 unspecified atom stereocenters. The highest BCUT2D eigenvalue weighted by molar-refractivity contribution is 9.10. The van der Waals surface area contributed by atoms with E-state index < -0.39 is 0 Å². The highest BCUT2D eigenvalue weighted by Crippen LogP contribution is 2.34. The molecule has 1 aliphatic rings. The number of halogens is 1. The van der Waals surface area contributed by atoms with Crippen LogP contribution >= 0.6 is 15.9 Å². The van der Waals surface area contributed by atoms with Crippen molar-refractivity contribution < 1.29 is 9.21 Å². The first-order valence-corrected chi connectivity index (χ1v) is 8.36. The first kappa shape index (κ1) is 16.0. The van der Waals surface area contributed by atoms with Gasteiger partial charge in [-0.25, -0.2) is 5.01 Å². The fourth-order valence-electron chi connectivity index (χ4n) is 2.73. The molecular formula is C18H19BrN2O2. The molecular weight excluding hydrogens is 356 g/mol. The van der Waals surface area contributed by atoms with Crippen molar-refractivity contribution in [2.24, 2.45) is 10.5 Å². The number of furan rings is 1. The van der Waals surface area contributed by atoms with Gasteiger partial charge in [0.25, 0.3) is 0 Å². The summed E-state index contributed by atoms with van der Waals surface area (Å²) in [5.74, 6) is 0.124. The molecule has 1 aromatic heterocycles. The SMILES string of the molecule is CC(C)(C)C1CC(c2cccc(Br)c2)=NN1C(=O)c1ccco1. The van der Waals surface area contributed by atoms with Crippen LogP contribution in [0.3, 0.4) is 0 Å². The van der Waals surface area contributed by atoms with Crippen molar-refractivity contribution in [2.75, 3.05) is 0 Å². The van der Waals surface area contributed by atoms with Crippen LogP contribution in [0, 0.1) is 5.41 Å². The quantitative estimate of drug-likeness (QED) is 0.763. The van der Waals surface area contributed by atoms with Crippen LogP contribution in [0.4, 0.5) is 0 Å². The average Bonchev–Trinajstić information content (AvgIpc) is 3.16. The number of rotatable bonds is 2. The predicted octanol–water partition coefficient (Wildman–Crippen LogP) is 4.71. The van der Waals surface area contributed by atoms with Crippen molar-refractivity contribution in [1.82, 2.24) is 5.01 Å². The lowest BCUT2D eigenvalue weighted by Gasteiger charge is -2.32. The summed E-state index contributed by atoms with van der Waals surface area (Å²) >= 11 is 3.49. The van der Waals surface area contributed by atoms with Gasteiger partial charge in [0.2, 0.25) is 0 Å². The Morgan fingerprint density at radius 2 is 2.09 bits per heavy atom. The molecule has 0 N–H and O–H groups in total. The standard InChI is InChI=1S/C18H19BrN2O2/c1-18(2,3)16-11-14(12-6-4-7-13(19)10-12)20-21(16)17(22)15-8-5-9-23-15/h4-10,16H,11H2,1-3H3. The Hall–Kier alpha value is -1.88. The highest BCUT2D eigenvalue weighted by Gasteiger charge is 2.40. The third kappa shape index (κ3) is 3.24. The molecule has 1 amide bonds. The molecule has 2 aromatic rings. The van der Waals surface area contributed by atoms with Gasteiger partial charge in [-0.05, 0) is 35.2 Å². The van der Waals surface area contributed by atoms with E-state index in [9.17, 15) is 4.79 Å². The zero-order valence-electron chi connectivity index (χ0n) is 13.4. The summed E-state index contributed by atoms with van der Waals surface area (Å²) < 4.78 is 6.26. The van der Waals surface area contributed by atoms with Crippen LogP contribution < -0.4 is 0 Å². The summed E-state index contributed by atoms with van der Waals surface area (Å²) in [5, 5.41) is 6.20. The summed E-state index contributed by atoms with van der Waals surface area (Å²) in [5.41, 5.74) is 1.87. The number of carbonyl (C=O) groups excluding carboxylic acids is 1. The molecule has 0 saturated carbocycles. The maximum absolute atomic E-state index is 12.7. The number of nitrogens with zero attached hydrogens (tertiary/aromatic N) is 2. The maximum Gasteiger partial charge on any atom is 0.309 e. The van der Waals surface area contributed by atoms with E-state index in [2.05, 4.69) is 41.8 Å². The Labute approximate surface area is 144 Å². The van der Waals surface area contributed by atoms with E-state index in [1.54, 1.807) is 17.1 Å². The third-order valence-corrected chi connectivity index (χ3v) is 4.50. The molecule has 0 aliphatic carbocycles. The molecule has 2 heterocycles. The first-order valence-electron chi connectivity index (χ1n) is 7.57. The summed E-state index contributed by atoms with van der Waals surface area (Å²) in [6.45, 7) is 6.37. The summed E-state index contributed by atoms with van der Waals surface area (Å²) in [4.78, 5) is 12.7. The van der Waals surface area contributed by atoms with Crippen molar-refractivity contribution in [3.05, 3.63) is 58.5 Å². The van der Waals surface area contributed by atoms with Gasteiger partial charge in [-0.2, -0.15) is 5.10 Å². The number of benzene rings is 1. The van der Waals surface area contributed by atoms with Crippen molar-refractivity contribution >= 4 is 27.5 Å². The highest BCUT2D eigenvalue weighted by atomic mass is 79.9. The smallest absolute Gasteiger partial charge is 0.309 e. The third-order valence-electron chi connectivity index (χ3n) is 4.01. The van der Waals surface area contributed by atoms with Gasteiger partial charge in [-0.3, -0.25) is 4.79 Å². The van der Waals surface area contributed by atoms with Crippen molar-refractivity contribution in [2.45, 2.75) is 33.2 Å². The molecule has 120 valence electrons. The van der Waals surface area contributed by atoms with Crippen LogP contribution in [0.5, 0.6) is 0 Å². The van der Waals surface area contributed by atoms with E-state index in [0.29, 0.717) is 5.76 Å². The zero-order chi connectivity index (χ0) is 16.6. The van der Waals surface area contributed by atoms with Crippen LogP contribution in [0.2, 0.25) is 0 Å². The van der Waals surface area contributed by atoms with Crippen LogP contribution in [0.15, 0.2) is 56.7 Å². The normalized spacial score (nSPS) is 18.2. The molecule has 0 saturated heterocycles. The molecule has 1 aliphatic heterocycles. The molecule has 0 bridgehead atoms. The van der Waals surface area contributed by atoms with Gasteiger partial charge in [-0.1, -0.05) is 48.8 Å². The van der Waals surface area contributed by atoms with Gasteiger partial charge < -0.3 is 4.42 Å². The van der Waals surface area contributed by atoms with Gasteiger partial charge in [-0.15, -0.1) is 0 Å². The van der Waals surface area contributed by atoms with E-state index in [0.717, 1.165) is 22.2 Å². The van der Waals surface area contributed by atoms with Gasteiger partial charge in [0.15, 0.2) is 5.76 Å². The van der Waals surface area contributed by atoms with Crippen molar-refractivity contribution in [3.8, 4) is 0 Å². The molecule has 4 nitrogen and oxygen atoms in total. The van der Waals surface area contributed by atoms with Crippen LogP contribution in [0.25, 0.3) is 0 Å².